The Morgan fingerprint density at radius 1 is 1.50 bits per heavy atom. The second-order valence-electron chi connectivity index (χ2n) is 1.89. The van der Waals surface area contributed by atoms with E-state index in [9.17, 15) is 8.42 Å². The number of thiophene rings is 1. The van der Waals surface area contributed by atoms with Gasteiger partial charge in [0.2, 0.25) is 0 Å². The first-order valence-electron chi connectivity index (χ1n) is 2.52. The first kappa shape index (κ1) is 7.71. The van der Waals surface area contributed by atoms with Crippen molar-refractivity contribution >= 4 is 21.5 Å². The second-order valence-corrected chi connectivity index (χ2v) is 4.03. The molecule has 3 nitrogen and oxygen atoms in total. The molecule has 56 valence electrons. The van der Waals surface area contributed by atoms with Crippen molar-refractivity contribution in [3.05, 3.63) is 16.3 Å². The fourth-order valence-corrected chi connectivity index (χ4v) is 2.52. The lowest BCUT2D eigenvalue weighted by molar-refractivity contribution is 0.483. The first-order valence-corrected chi connectivity index (χ1v) is 4.90. The normalized spacial score (nSPS) is 11.8. The SMILES string of the molecule is Cc1cscc1S(=O)(=O)O. The summed E-state index contributed by atoms with van der Waals surface area (Å²) in [7, 11) is -3.98. The molecule has 10 heavy (non-hydrogen) atoms. The first-order chi connectivity index (χ1) is 4.52. The van der Waals surface area contributed by atoms with Crippen LogP contribution in [0.5, 0.6) is 0 Å². The monoisotopic (exact) mass is 178 g/mol. The van der Waals surface area contributed by atoms with E-state index in [1.807, 2.05) is 0 Å². The van der Waals surface area contributed by atoms with Crippen LogP contribution in [0, 0.1) is 6.92 Å². The molecule has 1 heterocycles. The lowest BCUT2D eigenvalue weighted by Gasteiger charge is -1.91. The molecule has 0 fully saturated rings. The van der Waals surface area contributed by atoms with E-state index in [1.54, 1.807) is 12.3 Å². The molecule has 0 unspecified atom stereocenters. The Kier molecular flexibility index (Phi) is 1.80. The van der Waals surface area contributed by atoms with Crippen molar-refractivity contribution in [3.8, 4) is 0 Å². The summed E-state index contributed by atoms with van der Waals surface area (Å²) in [5, 5.41) is 3.08. The summed E-state index contributed by atoms with van der Waals surface area (Å²) in [5.74, 6) is 0. The average Bonchev–Trinajstić information content (AvgIpc) is 2.11. The number of hydrogen-bond acceptors (Lipinski definition) is 3. The lowest BCUT2D eigenvalue weighted by atomic mass is 10.4. The zero-order valence-electron chi connectivity index (χ0n) is 5.23. The number of hydrogen-bond donors (Lipinski definition) is 1. The van der Waals surface area contributed by atoms with E-state index in [0.29, 0.717) is 5.56 Å². The van der Waals surface area contributed by atoms with Gasteiger partial charge in [0.25, 0.3) is 10.1 Å². The third-order valence-corrected chi connectivity index (χ3v) is 3.09. The predicted octanol–water partition coefficient (Wildman–Crippen LogP) is 1.30. The van der Waals surface area contributed by atoms with Crippen molar-refractivity contribution in [1.82, 2.24) is 0 Å². The van der Waals surface area contributed by atoms with Crippen molar-refractivity contribution < 1.29 is 13.0 Å². The molecular weight excluding hydrogens is 172 g/mol. The number of rotatable bonds is 1. The maximum Gasteiger partial charge on any atom is 0.295 e. The van der Waals surface area contributed by atoms with E-state index in [2.05, 4.69) is 0 Å². The Hall–Kier alpha value is -0.390. The van der Waals surface area contributed by atoms with E-state index < -0.39 is 10.1 Å². The molecule has 1 aromatic rings. The number of aryl methyl sites for hydroxylation is 1. The quantitative estimate of drug-likeness (QED) is 0.659. The third kappa shape index (κ3) is 1.36. The zero-order chi connectivity index (χ0) is 7.78. The Bertz CT molecular complexity index is 322. The van der Waals surface area contributed by atoms with Crippen molar-refractivity contribution in [2.75, 3.05) is 0 Å². The zero-order valence-corrected chi connectivity index (χ0v) is 6.87. The summed E-state index contributed by atoms with van der Waals surface area (Å²) in [4.78, 5) is 0.0116. The lowest BCUT2D eigenvalue weighted by Crippen LogP contribution is -1.97. The van der Waals surface area contributed by atoms with Gasteiger partial charge >= 0.3 is 0 Å². The minimum Gasteiger partial charge on any atom is -0.282 e. The molecule has 0 aliphatic heterocycles. The predicted molar refractivity (Wildman–Crippen MR) is 38.9 cm³/mol. The highest BCUT2D eigenvalue weighted by Gasteiger charge is 2.12. The largest absolute Gasteiger partial charge is 0.295 e. The molecule has 0 aliphatic carbocycles. The Morgan fingerprint density at radius 3 is 2.30 bits per heavy atom. The van der Waals surface area contributed by atoms with Gasteiger partial charge in [0, 0.05) is 5.38 Å². The minimum atomic E-state index is -3.98. The highest BCUT2D eigenvalue weighted by molar-refractivity contribution is 7.86. The Morgan fingerprint density at radius 2 is 2.10 bits per heavy atom. The van der Waals surface area contributed by atoms with Gasteiger partial charge in [0.1, 0.15) is 4.90 Å². The topological polar surface area (TPSA) is 54.4 Å². The molecule has 0 aliphatic rings. The van der Waals surface area contributed by atoms with Gasteiger partial charge in [0.15, 0.2) is 0 Å². The molecular formula is C5H6O3S2. The molecule has 0 amide bonds. The van der Waals surface area contributed by atoms with Gasteiger partial charge in [-0.3, -0.25) is 4.55 Å². The van der Waals surface area contributed by atoms with Crippen LogP contribution in [0.2, 0.25) is 0 Å². The fourth-order valence-electron chi connectivity index (χ4n) is 0.613. The van der Waals surface area contributed by atoms with E-state index >= 15 is 0 Å². The Balaban J connectivity index is 3.32. The molecule has 0 saturated heterocycles. The maximum atomic E-state index is 10.5. The van der Waals surface area contributed by atoms with Crippen LogP contribution in [0.1, 0.15) is 5.56 Å². The highest BCUT2D eigenvalue weighted by Crippen LogP contribution is 2.18. The van der Waals surface area contributed by atoms with Gasteiger partial charge < -0.3 is 0 Å². The molecule has 0 spiro atoms. The van der Waals surface area contributed by atoms with Crippen molar-refractivity contribution in [2.24, 2.45) is 0 Å². The van der Waals surface area contributed by atoms with Crippen molar-refractivity contribution in [2.45, 2.75) is 11.8 Å². The molecule has 1 rings (SSSR count). The van der Waals surface area contributed by atoms with Crippen molar-refractivity contribution in [1.29, 1.82) is 0 Å². The van der Waals surface area contributed by atoms with Crippen LogP contribution in [0.3, 0.4) is 0 Å². The summed E-state index contributed by atoms with van der Waals surface area (Å²) in [6, 6.07) is 0. The Labute approximate surface area is 63.1 Å². The standard InChI is InChI=1S/C5H6O3S2/c1-4-2-9-3-5(4)10(6,7)8/h2-3H,1H3,(H,6,7,8). The molecule has 0 bridgehead atoms. The molecule has 0 radical (unpaired) electrons. The maximum absolute atomic E-state index is 10.5. The molecule has 0 aromatic carbocycles. The van der Waals surface area contributed by atoms with Crippen LogP contribution >= 0.6 is 11.3 Å². The van der Waals surface area contributed by atoms with E-state index in [0.717, 1.165) is 0 Å². The van der Waals surface area contributed by atoms with Gasteiger partial charge in [-0.15, -0.1) is 0 Å². The minimum absolute atomic E-state index is 0.0116. The summed E-state index contributed by atoms with van der Waals surface area (Å²) in [5.41, 5.74) is 0.590. The van der Waals surface area contributed by atoms with Crippen LogP contribution < -0.4 is 0 Å². The highest BCUT2D eigenvalue weighted by atomic mass is 32.2. The molecule has 5 heteroatoms. The van der Waals surface area contributed by atoms with Crippen LogP contribution in [0.4, 0.5) is 0 Å². The van der Waals surface area contributed by atoms with E-state index in [1.165, 1.54) is 16.7 Å². The van der Waals surface area contributed by atoms with Crippen LogP contribution in [0.25, 0.3) is 0 Å². The molecule has 1 N–H and O–H groups in total. The van der Waals surface area contributed by atoms with Crippen LogP contribution in [-0.2, 0) is 10.1 Å². The van der Waals surface area contributed by atoms with Gasteiger partial charge in [0.05, 0.1) is 0 Å². The van der Waals surface area contributed by atoms with Gasteiger partial charge in [-0.05, 0) is 17.9 Å². The summed E-state index contributed by atoms with van der Waals surface area (Å²) in [6.45, 7) is 1.64. The summed E-state index contributed by atoms with van der Waals surface area (Å²) in [6.07, 6.45) is 0. The van der Waals surface area contributed by atoms with Crippen molar-refractivity contribution in [3.63, 3.8) is 0 Å². The van der Waals surface area contributed by atoms with E-state index in [4.69, 9.17) is 4.55 Å². The summed E-state index contributed by atoms with van der Waals surface area (Å²) < 4.78 is 29.5. The molecule has 0 saturated carbocycles. The average molecular weight is 178 g/mol. The van der Waals surface area contributed by atoms with Gasteiger partial charge in [-0.1, -0.05) is 0 Å². The van der Waals surface area contributed by atoms with Gasteiger partial charge in [-0.25, -0.2) is 0 Å². The smallest absolute Gasteiger partial charge is 0.282 e. The second kappa shape index (κ2) is 2.34. The van der Waals surface area contributed by atoms with Crippen LogP contribution in [-0.4, -0.2) is 13.0 Å². The molecule has 0 atom stereocenters. The van der Waals surface area contributed by atoms with E-state index in [-0.39, 0.29) is 4.90 Å². The summed E-state index contributed by atoms with van der Waals surface area (Å²) >= 11 is 1.25. The third-order valence-electron chi connectivity index (χ3n) is 1.09. The molecule has 1 aromatic heterocycles. The van der Waals surface area contributed by atoms with Crippen LogP contribution in [0.15, 0.2) is 15.7 Å². The fraction of sp³-hybridized carbons (Fsp3) is 0.200. The van der Waals surface area contributed by atoms with Gasteiger partial charge in [-0.2, -0.15) is 19.8 Å².